The van der Waals surface area contributed by atoms with E-state index in [1.54, 1.807) is 30.8 Å². The van der Waals surface area contributed by atoms with Gasteiger partial charge in [0.25, 0.3) is 5.91 Å². The lowest BCUT2D eigenvalue weighted by Crippen LogP contribution is -2.22. The quantitative estimate of drug-likeness (QED) is 0.610. The molecule has 1 N–H and O–H groups in total. The van der Waals surface area contributed by atoms with Gasteiger partial charge in [0.1, 0.15) is 11.5 Å². The summed E-state index contributed by atoms with van der Waals surface area (Å²) in [6.07, 6.45) is 7.21. The predicted octanol–water partition coefficient (Wildman–Crippen LogP) is 4.45. The Morgan fingerprint density at radius 1 is 1.19 bits per heavy atom. The van der Waals surface area contributed by atoms with Gasteiger partial charge in [-0.05, 0) is 54.4 Å². The molecule has 0 aliphatic rings. The Labute approximate surface area is 153 Å². The van der Waals surface area contributed by atoms with Gasteiger partial charge in [0.05, 0.1) is 12.9 Å². The molecule has 0 fully saturated rings. The van der Waals surface area contributed by atoms with E-state index < -0.39 is 0 Å². The number of furan rings is 1. The summed E-state index contributed by atoms with van der Waals surface area (Å²) in [7, 11) is 0. The van der Waals surface area contributed by atoms with Crippen LogP contribution in [0.25, 0.3) is 11.3 Å². The summed E-state index contributed by atoms with van der Waals surface area (Å²) in [5, 5.41) is 2.91. The average molecular weight is 350 g/mol. The Morgan fingerprint density at radius 2 is 2.04 bits per heavy atom. The van der Waals surface area contributed by atoms with E-state index >= 15 is 0 Å². The summed E-state index contributed by atoms with van der Waals surface area (Å²) in [6, 6.07) is 12.9. The van der Waals surface area contributed by atoms with Gasteiger partial charge in [-0.25, -0.2) is 0 Å². The lowest BCUT2D eigenvalue weighted by molar-refractivity contribution is 0.0951. The van der Waals surface area contributed by atoms with E-state index in [1.165, 1.54) is 0 Å². The van der Waals surface area contributed by atoms with Crippen LogP contribution in [-0.2, 0) is 6.54 Å². The molecule has 5 heteroatoms. The standard InChI is InChI=1S/C21H22N2O3/c1-2-3-10-25-19-8-6-17(7-9-19)21(24)23-14-16-12-18(15-22-13-16)20-5-4-11-26-20/h4-9,11-13,15H,2-3,10,14H2,1H3,(H,23,24). The largest absolute Gasteiger partial charge is 0.494 e. The number of rotatable bonds is 8. The first kappa shape index (κ1) is 17.7. The topological polar surface area (TPSA) is 64.4 Å². The molecule has 0 aliphatic carbocycles. The Kier molecular flexibility index (Phi) is 6.04. The van der Waals surface area contributed by atoms with Gasteiger partial charge in [-0.2, -0.15) is 0 Å². The minimum absolute atomic E-state index is 0.131. The fourth-order valence-corrected chi connectivity index (χ4v) is 2.48. The highest BCUT2D eigenvalue weighted by Crippen LogP contribution is 2.19. The second-order valence-electron chi connectivity index (χ2n) is 5.97. The molecule has 3 aromatic rings. The third-order valence-corrected chi connectivity index (χ3v) is 3.94. The number of benzene rings is 1. The van der Waals surface area contributed by atoms with Crippen molar-refractivity contribution in [2.45, 2.75) is 26.3 Å². The Hall–Kier alpha value is -3.08. The number of unbranched alkanes of at least 4 members (excludes halogenated alkanes) is 1. The Morgan fingerprint density at radius 3 is 2.77 bits per heavy atom. The van der Waals surface area contributed by atoms with Crippen molar-refractivity contribution in [2.75, 3.05) is 6.61 Å². The normalized spacial score (nSPS) is 10.5. The van der Waals surface area contributed by atoms with Crippen molar-refractivity contribution in [2.24, 2.45) is 0 Å². The molecule has 0 bridgehead atoms. The average Bonchev–Trinajstić information content (AvgIpc) is 3.22. The van der Waals surface area contributed by atoms with Crippen molar-refractivity contribution in [3.63, 3.8) is 0 Å². The number of carbonyl (C=O) groups excluding carboxylic acids is 1. The van der Waals surface area contributed by atoms with Crippen LogP contribution in [0.2, 0.25) is 0 Å². The Bertz CT molecular complexity index is 827. The van der Waals surface area contributed by atoms with Gasteiger partial charge in [-0.15, -0.1) is 0 Å². The molecule has 1 aromatic carbocycles. The predicted molar refractivity (Wildman–Crippen MR) is 100.0 cm³/mol. The maximum atomic E-state index is 12.3. The van der Waals surface area contributed by atoms with Gasteiger partial charge < -0.3 is 14.5 Å². The van der Waals surface area contributed by atoms with Crippen LogP contribution in [0, 0.1) is 0 Å². The molecule has 2 aromatic heterocycles. The number of amides is 1. The van der Waals surface area contributed by atoms with Crippen LogP contribution in [0.15, 0.2) is 65.5 Å². The maximum Gasteiger partial charge on any atom is 0.251 e. The molecule has 2 heterocycles. The molecule has 0 saturated carbocycles. The number of ether oxygens (including phenoxy) is 1. The number of hydrogen-bond donors (Lipinski definition) is 1. The highest BCUT2D eigenvalue weighted by Gasteiger charge is 2.07. The van der Waals surface area contributed by atoms with E-state index in [4.69, 9.17) is 9.15 Å². The third kappa shape index (κ3) is 4.72. The molecular formula is C21H22N2O3. The van der Waals surface area contributed by atoms with E-state index in [0.29, 0.717) is 18.7 Å². The minimum atomic E-state index is -0.131. The second kappa shape index (κ2) is 8.85. The number of aromatic nitrogens is 1. The molecular weight excluding hydrogens is 328 g/mol. The van der Waals surface area contributed by atoms with Crippen molar-refractivity contribution >= 4 is 5.91 Å². The lowest BCUT2D eigenvalue weighted by atomic mass is 10.1. The first-order valence-corrected chi connectivity index (χ1v) is 8.75. The van der Waals surface area contributed by atoms with Crippen LogP contribution in [-0.4, -0.2) is 17.5 Å². The van der Waals surface area contributed by atoms with E-state index in [2.05, 4.69) is 17.2 Å². The molecule has 0 atom stereocenters. The van der Waals surface area contributed by atoms with Gasteiger partial charge in [0.15, 0.2) is 0 Å². The van der Waals surface area contributed by atoms with Gasteiger partial charge in [-0.3, -0.25) is 9.78 Å². The lowest BCUT2D eigenvalue weighted by Gasteiger charge is -2.08. The second-order valence-corrected chi connectivity index (χ2v) is 5.97. The van der Waals surface area contributed by atoms with Crippen LogP contribution < -0.4 is 10.1 Å². The summed E-state index contributed by atoms with van der Waals surface area (Å²) >= 11 is 0. The fraction of sp³-hybridized carbons (Fsp3) is 0.238. The van der Waals surface area contributed by atoms with E-state index in [1.807, 2.05) is 30.3 Å². The molecule has 5 nitrogen and oxygen atoms in total. The molecule has 0 saturated heterocycles. The van der Waals surface area contributed by atoms with Crippen molar-refractivity contribution in [1.82, 2.24) is 10.3 Å². The van der Waals surface area contributed by atoms with Crippen LogP contribution in [0.3, 0.4) is 0 Å². The summed E-state index contributed by atoms with van der Waals surface area (Å²) in [4.78, 5) is 16.5. The molecule has 134 valence electrons. The zero-order valence-electron chi connectivity index (χ0n) is 14.8. The van der Waals surface area contributed by atoms with E-state index in [0.717, 1.165) is 35.5 Å². The monoisotopic (exact) mass is 350 g/mol. The van der Waals surface area contributed by atoms with Crippen LogP contribution in [0.5, 0.6) is 5.75 Å². The highest BCUT2D eigenvalue weighted by atomic mass is 16.5. The van der Waals surface area contributed by atoms with E-state index in [9.17, 15) is 4.79 Å². The van der Waals surface area contributed by atoms with Crippen LogP contribution in [0.1, 0.15) is 35.7 Å². The SMILES string of the molecule is CCCCOc1ccc(C(=O)NCc2cncc(-c3ccco3)c2)cc1. The zero-order valence-corrected chi connectivity index (χ0v) is 14.8. The van der Waals surface area contributed by atoms with E-state index in [-0.39, 0.29) is 5.91 Å². The van der Waals surface area contributed by atoms with Crippen molar-refractivity contribution < 1.29 is 13.9 Å². The smallest absolute Gasteiger partial charge is 0.251 e. The molecule has 0 spiro atoms. The number of nitrogens with zero attached hydrogens (tertiary/aromatic N) is 1. The van der Waals surface area contributed by atoms with Crippen molar-refractivity contribution in [3.8, 4) is 17.1 Å². The Balaban J connectivity index is 1.56. The number of carbonyl (C=O) groups is 1. The molecule has 3 rings (SSSR count). The maximum absolute atomic E-state index is 12.3. The molecule has 0 radical (unpaired) electrons. The van der Waals surface area contributed by atoms with Crippen LogP contribution in [0.4, 0.5) is 0 Å². The van der Waals surface area contributed by atoms with Gasteiger partial charge in [0, 0.05) is 30.1 Å². The zero-order chi connectivity index (χ0) is 18.2. The first-order chi connectivity index (χ1) is 12.8. The summed E-state index contributed by atoms with van der Waals surface area (Å²) in [5.41, 5.74) is 2.39. The highest BCUT2D eigenvalue weighted by molar-refractivity contribution is 5.94. The van der Waals surface area contributed by atoms with Crippen molar-refractivity contribution in [3.05, 3.63) is 72.2 Å². The number of nitrogens with one attached hydrogen (secondary N) is 1. The molecule has 0 aliphatic heterocycles. The van der Waals surface area contributed by atoms with Gasteiger partial charge >= 0.3 is 0 Å². The molecule has 26 heavy (non-hydrogen) atoms. The number of pyridine rings is 1. The molecule has 1 amide bonds. The van der Waals surface area contributed by atoms with Crippen LogP contribution >= 0.6 is 0 Å². The summed E-state index contributed by atoms with van der Waals surface area (Å²) < 4.78 is 11.0. The third-order valence-electron chi connectivity index (χ3n) is 3.94. The van der Waals surface area contributed by atoms with Crippen molar-refractivity contribution in [1.29, 1.82) is 0 Å². The molecule has 0 unspecified atom stereocenters. The summed E-state index contributed by atoms with van der Waals surface area (Å²) in [6.45, 7) is 3.22. The minimum Gasteiger partial charge on any atom is -0.494 e. The van der Waals surface area contributed by atoms with Gasteiger partial charge in [0.2, 0.25) is 0 Å². The first-order valence-electron chi connectivity index (χ1n) is 8.75. The fourth-order valence-electron chi connectivity index (χ4n) is 2.48. The number of hydrogen-bond acceptors (Lipinski definition) is 4. The summed E-state index contributed by atoms with van der Waals surface area (Å²) in [5.74, 6) is 1.41. The van der Waals surface area contributed by atoms with Gasteiger partial charge in [-0.1, -0.05) is 13.3 Å².